The topological polar surface area (TPSA) is 50.9 Å². The predicted molar refractivity (Wildman–Crippen MR) is 85.8 cm³/mol. The predicted octanol–water partition coefficient (Wildman–Crippen LogP) is 4.22. The molecule has 4 nitrogen and oxygen atoms in total. The van der Waals surface area contributed by atoms with Crippen LogP contribution in [0.3, 0.4) is 0 Å². The lowest BCUT2D eigenvalue weighted by Gasteiger charge is -2.62. The van der Waals surface area contributed by atoms with Crippen molar-refractivity contribution in [3.05, 3.63) is 35.5 Å². The molecule has 0 aliphatic heterocycles. The first-order valence-corrected chi connectivity index (χ1v) is 8.55. The van der Waals surface area contributed by atoms with E-state index in [4.69, 9.17) is 0 Å². The molecule has 3 aliphatic rings. The molecule has 0 spiro atoms. The fourth-order valence-electron chi connectivity index (χ4n) is 4.02. The summed E-state index contributed by atoms with van der Waals surface area (Å²) in [5.41, 5.74) is -0.0311. The minimum atomic E-state index is -4.45. The van der Waals surface area contributed by atoms with E-state index in [1.54, 1.807) is 6.20 Å². The van der Waals surface area contributed by atoms with Crippen LogP contribution >= 0.6 is 0 Å². The Balaban J connectivity index is 1.79. The molecule has 1 unspecified atom stereocenters. The molecule has 7 heteroatoms. The Labute approximate surface area is 143 Å². The molecule has 25 heavy (non-hydrogen) atoms. The highest BCUT2D eigenvalue weighted by Crippen LogP contribution is 2.63. The van der Waals surface area contributed by atoms with E-state index in [0.717, 1.165) is 31.2 Å². The molecule has 0 radical (unpaired) electrons. The van der Waals surface area contributed by atoms with Crippen LogP contribution in [-0.4, -0.2) is 19.6 Å². The van der Waals surface area contributed by atoms with Crippen molar-refractivity contribution in [2.24, 2.45) is 5.92 Å². The van der Waals surface area contributed by atoms with Gasteiger partial charge in [0.25, 0.3) is 0 Å². The molecule has 1 atom stereocenters. The molecule has 0 saturated heterocycles. The van der Waals surface area contributed by atoms with Crippen molar-refractivity contribution >= 4 is 0 Å². The molecule has 2 aromatic heterocycles. The van der Waals surface area contributed by atoms with Crippen molar-refractivity contribution in [1.82, 2.24) is 14.5 Å². The zero-order valence-electron chi connectivity index (χ0n) is 14.1. The lowest BCUT2D eigenvalue weighted by atomic mass is 9.49. The summed E-state index contributed by atoms with van der Waals surface area (Å²) in [4.78, 5) is 8.38. The van der Waals surface area contributed by atoms with Gasteiger partial charge < -0.3 is 9.67 Å². The van der Waals surface area contributed by atoms with E-state index in [9.17, 15) is 18.3 Å². The minimum Gasteiger partial charge on any atom is -0.385 e. The fraction of sp³-hybridized carbons (Fsp3) is 0.556. The number of pyridine rings is 1. The van der Waals surface area contributed by atoms with Crippen molar-refractivity contribution in [3.8, 4) is 11.3 Å². The molecule has 2 aromatic rings. The monoisotopic (exact) mass is 351 g/mol. The van der Waals surface area contributed by atoms with Crippen molar-refractivity contribution < 1.29 is 18.3 Å². The van der Waals surface area contributed by atoms with Crippen LogP contribution in [0.1, 0.15) is 55.8 Å². The van der Waals surface area contributed by atoms with Gasteiger partial charge in [-0.05, 0) is 44.6 Å². The van der Waals surface area contributed by atoms with Gasteiger partial charge in [-0.2, -0.15) is 13.2 Å². The van der Waals surface area contributed by atoms with E-state index < -0.39 is 17.8 Å². The van der Waals surface area contributed by atoms with Gasteiger partial charge in [0.05, 0.1) is 11.3 Å². The van der Waals surface area contributed by atoms with Gasteiger partial charge in [-0.15, -0.1) is 0 Å². The van der Waals surface area contributed by atoms with Crippen LogP contribution in [0, 0.1) is 12.8 Å². The van der Waals surface area contributed by atoms with Crippen LogP contribution in [-0.2, 0) is 11.7 Å². The summed E-state index contributed by atoms with van der Waals surface area (Å²) in [6, 6.07) is 1.10. The molecular formula is C18H20F3N3O. The minimum absolute atomic E-state index is 0.00633. The number of hydrogen-bond donors (Lipinski definition) is 1. The number of aromatic nitrogens is 3. The Morgan fingerprint density at radius 1 is 1.36 bits per heavy atom. The molecule has 3 aliphatic carbocycles. The third-order valence-corrected chi connectivity index (χ3v) is 5.62. The Bertz CT molecular complexity index is 810. The van der Waals surface area contributed by atoms with Gasteiger partial charge in [0.2, 0.25) is 0 Å². The Morgan fingerprint density at radius 3 is 2.56 bits per heavy atom. The van der Waals surface area contributed by atoms with Crippen molar-refractivity contribution in [2.45, 2.75) is 57.3 Å². The molecule has 0 amide bonds. The van der Waals surface area contributed by atoms with E-state index in [0.29, 0.717) is 23.5 Å². The lowest BCUT2D eigenvalue weighted by molar-refractivity contribution is -0.138. The quantitative estimate of drug-likeness (QED) is 0.897. The third-order valence-electron chi connectivity index (χ3n) is 5.62. The summed E-state index contributed by atoms with van der Waals surface area (Å²) < 4.78 is 41.5. The van der Waals surface area contributed by atoms with Crippen LogP contribution in [0.25, 0.3) is 11.3 Å². The lowest BCUT2D eigenvalue weighted by Crippen LogP contribution is -2.59. The maximum atomic E-state index is 13.2. The number of nitrogens with zero attached hydrogens (tertiary/aromatic N) is 3. The van der Waals surface area contributed by atoms with Gasteiger partial charge in [-0.3, -0.25) is 4.98 Å². The van der Waals surface area contributed by atoms with Crippen LogP contribution < -0.4 is 0 Å². The maximum absolute atomic E-state index is 13.2. The highest BCUT2D eigenvalue weighted by atomic mass is 19.4. The number of aryl methyl sites for hydroxylation is 1. The van der Waals surface area contributed by atoms with Gasteiger partial charge >= 0.3 is 6.18 Å². The summed E-state index contributed by atoms with van der Waals surface area (Å²) in [6.45, 7) is 3.21. The largest absolute Gasteiger partial charge is 0.418 e. The van der Waals surface area contributed by atoms with Crippen LogP contribution in [0.4, 0.5) is 13.2 Å². The first kappa shape index (κ1) is 16.6. The number of rotatable bonds is 4. The first-order chi connectivity index (χ1) is 11.7. The van der Waals surface area contributed by atoms with Crippen molar-refractivity contribution in [1.29, 1.82) is 0 Å². The van der Waals surface area contributed by atoms with Crippen molar-refractivity contribution in [3.63, 3.8) is 0 Å². The van der Waals surface area contributed by atoms with Crippen LogP contribution in [0.15, 0.2) is 18.5 Å². The molecule has 0 aromatic carbocycles. The smallest absolute Gasteiger partial charge is 0.385 e. The van der Waals surface area contributed by atoms with Gasteiger partial charge in [-0.25, -0.2) is 4.98 Å². The molecule has 2 heterocycles. The average Bonchev–Trinajstić information content (AvgIpc) is 2.87. The molecule has 2 bridgehead atoms. The van der Waals surface area contributed by atoms with E-state index in [1.165, 1.54) is 13.1 Å². The number of alkyl halides is 3. The summed E-state index contributed by atoms with van der Waals surface area (Å²) >= 11 is 0. The molecular weight excluding hydrogens is 331 g/mol. The van der Waals surface area contributed by atoms with Crippen LogP contribution in [0.5, 0.6) is 0 Å². The second kappa shape index (κ2) is 5.30. The number of hydrogen-bond acceptors (Lipinski definition) is 3. The number of halogens is 3. The Hall–Kier alpha value is -1.89. The molecule has 5 rings (SSSR count). The van der Waals surface area contributed by atoms with E-state index >= 15 is 0 Å². The third kappa shape index (κ3) is 2.47. The molecule has 3 fully saturated rings. The highest BCUT2D eigenvalue weighted by Gasteiger charge is 2.58. The Morgan fingerprint density at radius 2 is 2.04 bits per heavy atom. The summed E-state index contributed by atoms with van der Waals surface area (Å²) in [7, 11) is 0. The van der Waals surface area contributed by atoms with Gasteiger partial charge in [-0.1, -0.05) is 6.92 Å². The average molecular weight is 351 g/mol. The standard InChI is InChI=1S/C18H20F3N3O/c1-3-15(25)16-23-14(9-24(16)17-5-11(6-17)7-17)12-4-13(18(19,20)21)10(2)22-8-12/h4,8-9,11,15,25H,3,5-7H2,1-2H3. The number of aliphatic hydroxyl groups excluding tert-OH is 1. The zero-order valence-corrected chi connectivity index (χ0v) is 14.1. The Kier molecular flexibility index (Phi) is 3.51. The summed E-state index contributed by atoms with van der Waals surface area (Å²) in [5.74, 6) is 1.29. The number of aliphatic hydroxyl groups is 1. The van der Waals surface area contributed by atoms with Crippen molar-refractivity contribution in [2.75, 3.05) is 0 Å². The van der Waals surface area contributed by atoms with Crippen LogP contribution in [0.2, 0.25) is 0 Å². The molecule has 3 saturated carbocycles. The second-order valence-corrected chi connectivity index (χ2v) is 7.34. The fourth-order valence-corrected chi connectivity index (χ4v) is 4.02. The van der Waals surface area contributed by atoms with E-state index in [2.05, 4.69) is 9.97 Å². The molecule has 134 valence electrons. The summed E-state index contributed by atoms with van der Waals surface area (Å²) in [5, 5.41) is 10.3. The first-order valence-electron chi connectivity index (χ1n) is 8.55. The number of imidazole rings is 1. The van der Waals surface area contributed by atoms with Gasteiger partial charge in [0.15, 0.2) is 0 Å². The SMILES string of the molecule is CCC(O)c1nc(-c2cnc(C)c(C(F)(F)F)c2)cn1C12CC(C1)C2. The van der Waals surface area contributed by atoms with Gasteiger partial charge in [0, 0.05) is 29.2 Å². The zero-order chi connectivity index (χ0) is 18.0. The second-order valence-electron chi connectivity index (χ2n) is 7.34. The van der Waals surface area contributed by atoms with Gasteiger partial charge in [0.1, 0.15) is 11.9 Å². The van der Waals surface area contributed by atoms with E-state index in [1.807, 2.05) is 11.5 Å². The van der Waals surface area contributed by atoms with E-state index in [-0.39, 0.29) is 11.2 Å². The maximum Gasteiger partial charge on any atom is 0.418 e. The highest BCUT2D eigenvalue weighted by molar-refractivity contribution is 5.59. The molecule has 1 N–H and O–H groups in total. The normalized spacial score (nSPS) is 26.1. The summed E-state index contributed by atoms with van der Waals surface area (Å²) in [6.07, 6.45) is 1.73.